The van der Waals surface area contributed by atoms with Gasteiger partial charge in [0.25, 0.3) is 0 Å². The van der Waals surface area contributed by atoms with Crippen molar-refractivity contribution in [3.8, 4) is 0 Å². The molecule has 0 aromatic heterocycles. The lowest BCUT2D eigenvalue weighted by atomic mass is 10.1. The molecule has 1 aliphatic heterocycles. The highest BCUT2D eigenvalue weighted by molar-refractivity contribution is 7.85. The minimum atomic E-state index is -0.618. The van der Waals surface area contributed by atoms with Crippen molar-refractivity contribution in [2.24, 2.45) is 0 Å². The first kappa shape index (κ1) is 13.0. The quantitative estimate of drug-likeness (QED) is 0.781. The van der Waals surface area contributed by atoms with E-state index < -0.39 is 10.8 Å². The van der Waals surface area contributed by atoms with E-state index in [1.54, 1.807) is 0 Å². The number of carbonyl (C=O) groups is 1. The number of carbonyl (C=O) groups excluding carboxylic acids is 1. The summed E-state index contributed by atoms with van der Waals surface area (Å²) in [6, 6.07) is 0.891. The summed E-state index contributed by atoms with van der Waals surface area (Å²) in [5.74, 6) is 1.79. The predicted octanol–water partition coefficient (Wildman–Crippen LogP) is 0.498. The van der Waals surface area contributed by atoms with E-state index in [0.29, 0.717) is 18.6 Å². The van der Waals surface area contributed by atoms with Crippen molar-refractivity contribution in [3.63, 3.8) is 0 Å². The van der Waals surface area contributed by atoms with E-state index in [1.165, 1.54) is 12.8 Å². The van der Waals surface area contributed by atoms with Gasteiger partial charge in [0.1, 0.15) is 0 Å². The van der Waals surface area contributed by atoms with Crippen LogP contribution in [0.5, 0.6) is 0 Å². The highest BCUT2D eigenvalue weighted by atomic mass is 32.2. The monoisotopic (exact) mass is 258 g/mol. The van der Waals surface area contributed by atoms with Crippen LogP contribution in [0.15, 0.2) is 0 Å². The van der Waals surface area contributed by atoms with E-state index in [-0.39, 0.29) is 5.91 Å². The molecule has 0 spiro atoms. The third kappa shape index (κ3) is 3.78. The molecule has 5 heteroatoms. The summed E-state index contributed by atoms with van der Waals surface area (Å²) >= 11 is 0. The molecule has 0 aromatic rings. The first-order valence-corrected chi connectivity index (χ1v) is 8.07. The molecular formula is C12H22N2O2S. The average molecular weight is 258 g/mol. The number of hydrogen-bond donors (Lipinski definition) is 1. The zero-order valence-corrected chi connectivity index (χ0v) is 11.3. The van der Waals surface area contributed by atoms with Crippen molar-refractivity contribution in [3.05, 3.63) is 0 Å². The zero-order chi connectivity index (χ0) is 12.3. The highest BCUT2D eigenvalue weighted by Crippen LogP contribution is 2.26. The molecule has 2 fully saturated rings. The van der Waals surface area contributed by atoms with E-state index in [9.17, 15) is 9.00 Å². The molecule has 0 aromatic carbocycles. The van der Waals surface area contributed by atoms with Gasteiger partial charge in [-0.05, 0) is 32.6 Å². The van der Waals surface area contributed by atoms with Crippen LogP contribution < -0.4 is 5.32 Å². The first-order valence-electron chi connectivity index (χ1n) is 6.58. The van der Waals surface area contributed by atoms with Gasteiger partial charge in [0.15, 0.2) is 0 Å². The van der Waals surface area contributed by atoms with Gasteiger partial charge in [-0.15, -0.1) is 0 Å². The van der Waals surface area contributed by atoms with Crippen LogP contribution in [0.3, 0.4) is 0 Å². The van der Waals surface area contributed by atoms with Crippen molar-refractivity contribution >= 4 is 16.7 Å². The van der Waals surface area contributed by atoms with Crippen LogP contribution in [0.2, 0.25) is 0 Å². The molecule has 2 aliphatic rings. The molecule has 0 atom stereocenters. The Morgan fingerprint density at radius 1 is 1.29 bits per heavy atom. The van der Waals surface area contributed by atoms with E-state index in [2.05, 4.69) is 5.32 Å². The van der Waals surface area contributed by atoms with Crippen molar-refractivity contribution in [1.29, 1.82) is 0 Å². The topological polar surface area (TPSA) is 49.4 Å². The van der Waals surface area contributed by atoms with E-state index in [4.69, 9.17) is 0 Å². The highest BCUT2D eigenvalue weighted by Gasteiger charge is 2.31. The summed E-state index contributed by atoms with van der Waals surface area (Å²) in [4.78, 5) is 13.9. The van der Waals surface area contributed by atoms with E-state index >= 15 is 0 Å². The molecule has 0 radical (unpaired) electrons. The number of hydrogen-bond acceptors (Lipinski definition) is 3. The van der Waals surface area contributed by atoms with Gasteiger partial charge in [-0.25, -0.2) is 0 Å². The summed E-state index contributed by atoms with van der Waals surface area (Å²) in [7, 11) is -0.618. The molecule has 1 saturated carbocycles. The second-order valence-electron chi connectivity index (χ2n) is 4.91. The maximum atomic E-state index is 12.0. The summed E-state index contributed by atoms with van der Waals surface area (Å²) in [5, 5.41) is 3.31. The lowest BCUT2D eigenvalue weighted by molar-refractivity contribution is -0.130. The molecule has 2 rings (SSSR count). The van der Waals surface area contributed by atoms with Crippen LogP contribution in [0.1, 0.15) is 32.6 Å². The van der Waals surface area contributed by atoms with Crippen LogP contribution in [-0.4, -0.2) is 51.7 Å². The summed E-state index contributed by atoms with van der Waals surface area (Å²) in [6.07, 6.45) is 4.22. The largest absolute Gasteiger partial charge is 0.339 e. The van der Waals surface area contributed by atoms with Gasteiger partial charge in [-0.2, -0.15) is 0 Å². The van der Waals surface area contributed by atoms with Crippen LogP contribution in [-0.2, 0) is 15.6 Å². The fourth-order valence-electron chi connectivity index (χ4n) is 2.36. The average Bonchev–Trinajstić information content (AvgIpc) is 3.14. The van der Waals surface area contributed by atoms with E-state index in [0.717, 1.165) is 30.9 Å². The Hall–Kier alpha value is -0.420. The number of nitrogens with zero attached hydrogens (tertiary/aromatic N) is 1. The fraction of sp³-hybridized carbons (Fsp3) is 0.917. The first-order chi connectivity index (χ1) is 8.20. The van der Waals surface area contributed by atoms with Crippen molar-refractivity contribution in [2.45, 2.75) is 44.7 Å². The molecule has 1 N–H and O–H groups in total. The predicted molar refractivity (Wildman–Crippen MR) is 69.3 cm³/mol. The molecule has 4 nitrogen and oxygen atoms in total. The van der Waals surface area contributed by atoms with Gasteiger partial charge in [-0.3, -0.25) is 9.00 Å². The lowest BCUT2D eigenvalue weighted by Crippen LogP contribution is -2.44. The second-order valence-corrected chi connectivity index (χ2v) is 6.61. The van der Waals surface area contributed by atoms with Crippen LogP contribution in [0, 0.1) is 0 Å². The molecular weight excluding hydrogens is 236 g/mol. The van der Waals surface area contributed by atoms with E-state index in [1.807, 2.05) is 11.8 Å². The van der Waals surface area contributed by atoms with Crippen LogP contribution >= 0.6 is 0 Å². The summed E-state index contributed by atoms with van der Waals surface area (Å²) < 4.78 is 11.2. The maximum absolute atomic E-state index is 12.0. The molecule has 1 amide bonds. The number of likely N-dealkylation sites (N-methyl/N-ethyl adjacent to an activating group) is 1. The van der Waals surface area contributed by atoms with Gasteiger partial charge in [0.05, 0.1) is 6.54 Å². The van der Waals surface area contributed by atoms with Gasteiger partial charge in [0, 0.05) is 40.9 Å². The fourth-order valence-corrected chi connectivity index (χ4v) is 3.65. The molecule has 0 bridgehead atoms. The molecule has 98 valence electrons. The Bertz CT molecular complexity index is 295. The smallest absolute Gasteiger partial charge is 0.236 e. The molecule has 1 heterocycles. The van der Waals surface area contributed by atoms with Crippen molar-refractivity contribution < 1.29 is 9.00 Å². The zero-order valence-electron chi connectivity index (χ0n) is 10.5. The van der Waals surface area contributed by atoms with Crippen LogP contribution in [0.4, 0.5) is 0 Å². The van der Waals surface area contributed by atoms with Gasteiger partial charge in [0.2, 0.25) is 5.91 Å². The Balaban J connectivity index is 1.70. The molecule has 0 unspecified atom stereocenters. The number of amides is 1. The molecule has 17 heavy (non-hydrogen) atoms. The Kier molecular flexibility index (Phi) is 4.56. The molecule has 1 aliphatic carbocycles. The third-order valence-electron chi connectivity index (χ3n) is 3.58. The normalized spacial score (nSPS) is 29.0. The number of nitrogens with one attached hydrogen (secondary N) is 1. The van der Waals surface area contributed by atoms with Gasteiger partial charge >= 0.3 is 0 Å². The standard InChI is InChI=1S/C12H22N2O2S/c1-2-14(11-3-4-11)12(15)9-13-10-5-7-17(16)8-6-10/h10-11,13H,2-9H2,1H3. The minimum Gasteiger partial charge on any atom is -0.339 e. The Morgan fingerprint density at radius 3 is 2.47 bits per heavy atom. The summed E-state index contributed by atoms with van der Waals surface area (Å²) in [6.45, 7) is 3.31. The van der Waals surface area contributed by atoms with Gasteiger partial charge < -0.3 is 10.2 Å². The maximum Gasteiger partial charge on any atom is 0.236 e. The Morgan fingerprint density at radius 2 is 1.94 bits per heavy atom. The van der Waals surface area contributed by atoms with Crippen molar-refractivity contribution in [2.75, 3.05) is 24.6 Å². The van der Waals surface area contributed by atoms with Gasteiger partial charge in [-0.1, -0.05) is 0 Å². The number of rotatable bonds is 5. The molecule has 1 saturated heterocycles. The minimum absolute atomic E-state index is 0.224. The lowest BCUT2D eigenvalue weighted by Gasteiger charge is -2.25. The Labute approximate surface area is 106 Å². The SMILES string of the molecule is CCN(C(=O)CNC1CCS(=O)CC1)C1CC1. The van der Waals surface area contributed by atoms with Crippen LogP contribution in [0.25, 0.3) is 0 Å². The third-order valence-corrected chi connectivity index (χ3v) is 4.96. The second kappa shape index (κ2) is 5.96. The summed E-state index contributed by atoms with van der Waals surface area (Å²) in [5.41, 5.74) is 0. The van der Waals surface area contributed by atoms with Crippen molar-refractivity contribution in [1.82, 2.24) is 10.2 Å².